The van der Waals surface area contributed by atoms with Crippen molar-refractivity contribution in [2.24, 2.45) is 11.7 Å². The average Bonchev–Trinajstić information content (AvgIpc) is 2.43. The Kier molecular flexibility index (Phi) is 4.76. The minimum atomic E-state index is -0.796. The molecular formula is C16H24F2N2. The highest BCUT2D eigenvalue weighted by molar-refractivity contribution is 5.20. The lowest BCUT2D eigenvalue weighted by Crippen LogP contribution is -2.55. The predicted molar refractivity (Wildman–Crippen MR) is 77.5 cm³/mol. The third-order valence-electron chi connectivity index (χ3n) is 4.56. The van der Waals surface area contributed by atoms with E-state index in [1.807, 2.05) is 0 Å². The molecular weight excluding hydrogens is 258 g/mol. The number of piperidine rings is 1. The Hall–Kier alpha value is -1.00. The van der Waals surface area contributed by atoms with Crippen LogP contribution in [0, 0.1) is 17.6 Å². The van der Waals surface area contributed by atoms with E-state index in [1.54, 1.807) is 6.07 Å². The summed E-state index contributed by atoms with van der Waals surface area (Å²) < 4.78 is 26.3. The summed E-state index contributed by atoms with van der Waals surface area (Å²) in [7, 11) is 0. The molecule has 1 heterocycles. The Balaban J connectivity index is 2.12. The zero-order valence-corrected chi connectivity index (χ0v) is 12.3. The van der Waals surface area contributed by atoms with Gasteiger partial charge in [0.1, 0.15) is 0 Å². The second-order valence-electron chi connectivity index (χ2n) is 6.30. The van der Waals surface area contributed by atoms with E-state index in [0.29, 0.717) is 13.0 Å². The van der Waals surface area contributed by atoms with Gasteiger partial charge in [0.15, 0.2) is 11.6 Å². The normalized spacial score (nSPS) is 20.9. The van der Waals surface area contributed by atoms with Gasteiger partial charge in [0.05, 0.1) is 0 Å². The van der Waals surface area contributed by atoms with Gasteiger partial charge in [-0.05, 0) is 62.9 Å². The van der Waals surface area contributed by atoms with Crippen molar-refractivity contribution in [1.82, 2.24) is 4.90 Å². The van der Waals surface area contributed by atoms with Gasteiger partial charge in [-0.15, -0.1) is 0 Å². The fraction of sp³-hybridized carbons (Fsp3) is 0.625. The van der Waals surface area contributed by atoms with Gasteiger partial charge in [0, 0.05) is 12.1 Å². The molecule has 1 aliphatic rings. The van der Waals surface area contributed by atoms with Crippen molar-refractivity contribution < 1.29 is 8.78 Å². The Morgan fingerprint density at radius 2 is 1.90 bits per heavy atom. The molecule has 0 aromatic heterocycles. The molecule has 0 aliphatic carbocycles. The zero-order valence-electron chi connectivity index (χ0n) is 12.3. The Morgan fingerprint density at radius 3 is 2.45 bits per heavy atom. The van der Waals surface area contributed by atoms with Gasteiger partial charge in [-0.25, -0.2) is 8.78 Å². The molecule has 1 saturated heterocycles. The van der Waals surface area contributed by atoms with Crippen molar-refractivity contribution in [3.63, 3.8) is 0 Å². The zero-order chi connectivity index (χ0) is 14.8. The SMILES string of the molecule is CC1CCN(C(C)(CN)Cc2ccc(F)c(F)c2)CC1. The molecule has 20 heavy (non-hydrogen) atoms. The molecule has 1 atom stereocenters. The van der Waals surface area contributed by atoms with Crippen LogP contribution in [0.3, 0.4) is 0 Å². The summed E-state index contributed by atoms with van der Waals surface area (Å²) in [5.41, 5.74) is 6.59. The average molecular weight is 282 g/mol. The van der Waals surface area contributed by atoms with Crippen LogP contribution >= 0.6 is 0 Å². The van der Waals surface area contributed by atoms with Gasteiger partial charge in [-0.1, -0.05) is 13.0 Å². The fourth-order valence-corrected chi connectivity index (χ4v) is 2.95. The highest BCUT2D eigenvalue weighted by Crippen LogP contribution is 2.27. The van der Waals surface area contributed by atoms with Crippen LogP contribution in [-0.4, -0.2) is 30.1 Å². The number of benzene rings is 1. The largest absolute Gasteiger partial charge is 0.329 e. The molecule has 112 valence electrons. The lowest BCUT2D eigenvalue weighted by molar-refractivity contribution is 0.0708. The quantitative estimate of drug-likeness (QED) is 0.920. The van der Waals surface area contributed by atoms with E-state index >= 15 is 0 Å². The first-order chi connectivity index (χ1) is 9.44. The molecule has 0 bridgehead atoms. The number of likely N-dealkylation sites (tertiary alicyclic amines) is 1. The molecule has 0 amide bonds. The van der Waals surface area contributed by atoms with Crippen LogP contribution in [0.15, 0.2) is 18.2 Å². The molecule has 1 unspecified atom stereocenters. The third kappa shape index (κ3) is 3.36. The van der Waals surface area contributed by atoms with Crippen molar-refractivity contribution in [1.29, 1.82) is 0 Å². The molecule has 2 rings (SSSR count). The van der Waals surface area contributed by atoms with E-state index in [0.717, 1.165) is 24.6 Å². The minimum absolute atomic E-state index is 0.190. The fourth-order valence-electron chi connectivity index (χ4n) is 2.95. The number of rotatable bonds is 4. The van der Waals surface area contributed by atoms with E-state index in [1.165, 1.54) is 25.0 Å². The van der Waals surface area contributed by atoms with E-state index in [4.69, 9.17) is 5.73 Å². The highest BCUT2D eigenvalue weighted by atomic mass is 19.2. The summed E-state index contributed by atoms with van der Waals surface area (Å²) in [6.45, 7) is 6.95. The minimum Gasteiger partial charge on any atom is -0.329 e. The van der Waals surface area contributed by atoms with Crippen molar-refractivity contribution >= 4 is 0 Å². The molecule has 2 N–H and O–H groups in total. The Bertz CT molecular complexity index is 456. The molecule has 4 heteroatoms. The monoisotopic (exact) mass is 282 g/mol. The number of hydrogen-bond donors (Lipinski definition) is 1. The van der Waals surface area contributed by atoms with E-state index in [-0.39, 0.29) is 5.54 Å². The highest BCUT2D eigenvalue weighted by Gasteiger charge is 2.33. The molecule has 1 fully saturated rings. The van der Waals surface area contributed by atoms with Crippen LogP contribution in [0.1, 0.15) is 32.3 Å². The number of hydrogen-bond acceptors (Lipinski definition) is 2. The Labute approximate surface area is 120 Å². The van der Waals surface area contributed by atoms with Crippen LogP contribution in [0.25, 0.3) is 0 Å². The van der Waals surface area contributed by atoms with E-state index in [2.05, 4.69) is 18.7 Å². The Morgan fingerprint density at radius 1 is 1.25 bits per heavy atom. The first-order valence-electron chi connectivity index (χ1n) is 7.33. The lowest BCUT2D eigenvalue weighted by Gasteiger charge is -2.44. The summed E-state index contributed by atoms with van der Waals surface area (Å²) in [5, 5.41) is 0. The van der Waals surface area contributed by atoms with Crippen LogP contribution in [0.5, 0.6) is 0 Å². The molecule has 1 aromatic carbocycles. The van der Waals surface area contributed by atoms with Gasteiger partial charge in [-0.3, -0.25) is 4.90 Å². The topological polar surface area (TPSA) is 29.3 Å². The molecule has 0 saturated carbocycles. The summed E-state index contributed by atoms with van der Waals surface area (Å²) in [6, 6.07) is 4.13. The summed E-state index contributed by atoms with van der Waals surface area (Å²) in [5.74, 6) is -0.819. The number of halogens is 2. The third-order valence-corrected chi connectivity index (χ3v) is 4.56. The van der Waals surface area contributed by atoms with Gasteiger partial charge < -0.3 is 5.73 Å². The summed E-state index contributed by atoms with van der Waals surface area (Å²) in [6.07, 6.45) is 3.00. The maximum Gasteiger partial charge on any atom is 0.159 e. The van der Waals surface area contributed by atoms with E-state index < -0.39 is 11.6 Å². The van der Waals surface area contributed by atoms with E-state index in [9.17, 15) is 8.78 Å². The molecule has 1 aromatic rings. The molecule has 0 spiro atoms. The maximum absolute atomic E-state index is 13.3. The van der Waals surface area contributed by atoms with Gasteiger partial charge in [0.25, 0.3) is 0 Å². The van der Waals surface area contributed by atoms with Crippen molar-refractivity contribution in [2.75, 3.05) is 19.6 Å². The van der Waals surface area contributed by atoms with Crippen molar-refractivity contribution in [3.05, 3.63) is 35.4 Å². The number of nitrogens with zero attached hydrogens (tertiary/aromatic N) is 1. The maximum atomic E-state index is 13.3. The molecule has 2 nitrogen and oxygen atoms in total. The summed E-state index contributed by atoms with van der Waals surface area (Å²) in [4.78, 5) is 2.40. The van der Waals surface area contributed by atoms with Gasteiger partial charge in [-0.2, -0.15) is 0 Å². The second-order valence-corrected chi connectivity index (χ2v) is 6.30. The smallest absolute Gasteiger partial charge is 0.159 e. The standard InChI is InChI=1S/C16H24F2N2/c1-12-5-7-20(8-6-12)16(2,11-19)10-13-3-4-14(17)15(18)9-13/h3-4,9,12H,5-8,10-11,19H2,1-2H3. The van der Waals surface area contributed by atoms with Crippen LogP contribution < -0.4 is 5.73 Å². The van der Waals surface area contributed by atoms with Crippen LogP contribution in [0.4, 0.5) is 8.78 Å². The first kappa shape index (κ1) is 15.4. The van der Waals surface area contributed by atoms with Crippen LogP contribution in [-0.2, 0) is 6.42 Å². The van der Waals surface area contributed by atoms with Crippen molar-refractivity contribution in [3.8, 4) is 0 Å². The van der Waals surface area contributed by atoms with Gasteiger partial charge >= 0.3 is 0 Å². The number of nitrogens with two attached hydrogens (primary N) is 1. The predicted octanol–water partition coefficient (Wildman–Crippen LogP) is 2.96. The lowest BCUT2D eigenvalue weighted by atomic mass is 9.87. The first-order valence-corrected chi connectivity index (χ1v) is 7.33. The van der Waals surface area contributed by atoms with Crippen LogP contribution in [0.2, 0.25) is 0 Å². The second kappa shape index (κ2) is 6.19. The van der Waals surface area contributed by atoms with Crippen molar-refractivity contribution in [2.45, 2.75) is 38.6 Å². The van der Waals surface area contributed by atoms with Gasteiger partial charge in [0.2, 0.25) is 0 Å². The summed E-state index contributed by atoms with van der Waals surface area (Å²) >= 11 is 0. The molecule has 0 radical (unpaired) electrons. The molecule has 1 aliphatic heterocycles.